The zero-order chi connectivity index (χ0) is 14.4. The normalized spacial score (nSPS) is 10.5. The number of aromatic carboxylic acids is 1. The molecule has 0 saturated heterocycles. The average Bonchev–Trinajstić information content (AvgIpc) is 2.35. The molecule has 0 saturated carbocycles. The van der Waals surface area contributed by atoms with Crippen molar-refractivity contribution in [1.82, 2.24) is 4.90 Å². The SMILES string of the molecule is CN(CC(F)F)C(=O)CCc1ccc(C(=O)O)cc1. The molecule has 0 radical (unpaired) electrons. The molecule has 1 amide bonds. The van der Waals surface area contributed by atoms with Gasteiger partial charge in [-0.05, 0) is 24.1 Å². The number of nitrogens with zero attached hydrogens (tertiary/aromatic N) is 1. The van der Waals surface area contributed by atoms with E-state index in [1.807, 2.05) is 0 Å². The summed E-state index contributed by atoms with van der Waals surface area (Å²) in [6.07, 6.45) is -2.02. The summed E-state index contributed by atoms with van der Waals surface area (Å²) in [4.78, 5) is 23.2. The van der Waals surface area contributed by atoms with Gasteiger partial charge in [0.15, 0.2) is 0 Å². The van der Waals surface area contributed by atoms with Gasteiger partial charge in [0.05, 0.1) is 12.1 Å². The van der Waals surface area contributed by atoms with Gasteiger partial charge in [0, 0.05) is 13.5 Å². The number of halogens is 2. The van der Waals surface area contributed by atoms with Crippen LogP contribution in [0.15, 0.2) is 24.3 Å². The Labute approximate surface area is 109 Å². The number of carbonyl (C=O) groups is 2. The molecule has 1 aromatic rings. The maximum atomic E-state index is 12.1. The molecule has 4 nitrogen and oxygen atoms in total. The second-order valence-corrected chi connectivity index (χ2v) is 4.17. The van der Waals surface area contributed by atoms with Gasteiger partial charge < -0.3 is 10.0 Å². The van der Waals surface area contributed by atoms with Crippen LogP contribution in [0.2, 0.25) is 0 Å². The fourth-order valence-electron chi connectivity index (χ4n) is 1.56. The molecule has 104 valence electrons. The van der Waals surface area contributed by atoms with Crippen LogP contribution in [-0.2, 0) is 11.2 Å². The van der Waals surface area contributed by atoms with E-state index in [1.54, 1.807) is 12.1 Å². The summed E-state index contributed by atoms with van der Waals surface area (Å²) < 4.78 is 24.2. The topological polar surface area (TPSA) is 57.6 Å². The maximum absolute atomic E-state index is 12.1. The summed E-state index contributed by atoms with van der Waals surface area (Å²) in [5.74, 6) is -1.37. The van der Waals surface area contributed by atoms with Crippen LogP contribution in [0, 0.1) is 0 Å². The molecule has 0 atom stereocenters. The van der Waals surface area contributed by atoms with Crippen molar-refractivity contribution < 1.29 is 23.5 Å². The summed E-state index contributed by atoms with van der Waals surface area (Å²) in [7, 11) is 1.34. The monoisotopic (exact) mass is 271 g/mol. The lowest BCUT2D eigenvalue weighted by Crippen LogP contribution is -2.31. The van der Waals surface area contributed by atoms with Crippen LogP contribution in [0.3, 0.4) is 0 Å². The summed E-state index contributed by atoms with van der Waals surface area (Å²) in [5, 5.41) is 8.72. The van der Waals surface area contributed by atoms with Crippen LogP contribution in [0.25, 0.3) is 0 Å². The summed E-state index contributed by atoms with van der Waals surface area (Å²) >= 11 is 0. The highest BCUT2D eigenvalue weighted by Crippen LogP contribution is 2.08. The molecule has 0 fully saturated rings. The minimum absolute atomic E-state index is 0.121. The van der Waals surface area contributed by atoms with Crippen LogP contribution in [0.1, 0.15) is 22.3 Å². The molecule has 0 aliphatic rings. The van der Waals surface area contributed by atoms with Gasteiger partial charge in [-0.25, -0.2) is 13.6 Å². The first-order valence-corrected chi connectivity index (χ1v) is 5.74. The Balaban J connectivity index is 2.48. The third-order valence-electron chi connectivity index (χ3n) is 2.67. The highest BCUT2D eigenvalue weighted by molar-refractivity contribution is 5.87. The number of carboxylic acid groups (broad SMARTS) is 1. The predicted molar refractivity (Wildman–Crippen MR) is 65.4 cm³/mol. The van der Waals surface area contributed by atoms with Crippen molar-refractivity contribution in [3.8, 4) is 0 Å². The number of hydrogen-bond acceptors (Lipinski definition) is 2. The Kier molecular flexibility index (Phi) is 5.41. The van der Waals surface area contributed by atoms with E-state index < -0.39 is 18.9 Å². The zero-order valence-electron chi connectivity index (χ0n) is 10.5. The first-order valence-electron chi connectivity index (χ1n) is 5.74. The quantitative estimate of drug-likeness (QED) is 0.861. The van der Waals surface area contributed by atoms with Gasteiger partial charge in [-0.15, -0.1) is 0 Å². The van der Waals surface area contributed by atoms with Gasteiger partial charge in [0.1, 0.15) is 0 Å². The number of carbonyl (C=O) groups excluding carboxylic acids is 1. The zero-order valence-corrected chi connectivity index (χ0v) is 10.5. The van der Waals surface area contributed by atoms with Crippen molar-refractivity contribution in [3.05, 3.63) is 35.4 Å². The van der Waals surface area contributed by atoms with Gasteiger partial charge in [-0.2, -0.15) is 0 Å². The highest BCUT2D eigenvalue weighted by Gasteiger charge is 2.13. The van der Waals surface area contributed by atoms with Gasteiger partial charge in [-0.1, -0.05) is 12.1 Å². The summed E-state index contributed by atoms with van der Waals surface area (Å²) in [5.41, 5.74) is 0.966. The van der Waals surface area contributed by atoms with Gasteiger partial charge in [-0.3, -0.25) is 4.79 Å². The number of rotatable bonds is 6. The molecular weight excluding hydrogens is 256 g/mol. The molecule has 1 rings (SSSR count). The van der Waals surface area contributed by atoms with E-state index in [0.29, 0.717) is 6.42 Å². The molecule has 0 aromatic heterocycles. The highest BCUT2D eigenvalue weighted by atomic mass is 19.3. The minimum atomic E-state index is -2.54. The number of benzene rings is 1. The molecular formula is C13H15F2NO3. The first kappa shape index (κ1) is 15.1. The van der Waals surface area contributed by atoms with Crippen molar-refractivity contribution in [1.29, 1.82) is 0 Å². The standard InChI is InChI=1S/C13H15F2NO3/c1-16(8-11(14)15)12(17)7-4-9-2-5-10(6-3-9)13(18)19/h2-3,5-6,11H,4,7-8H2,1H3,(H,18,19). The van der Waals surface area contributed by atoms with Crippen molar-refractivity contribution in [2.24, 2.45) is 0 Å². The van der Waals surface area contributed by atoms with E-state index in [9.17, 15) is 18.4 Å². The van der Waals surface area contributed by atoms with Gasteiger partial charge in [0.2, 0.25) is 5.91 Å². The molecule has 1 aromatic carbocycles. The largest absolute Gasteiger partial charge is 0.478 e. The van der Waals surface area contributed by atoms with E-state index >= 15 is 0 Å². The Morgan fingerprint density at radius 2 is 1.84 bits per heavy atom. The second-order valence-electron chi connectivity index (χ2n) is 4.17. The van der Waals surface area contributed by atoms with E-state index in [-0.39, 0.29) is 17.9 Å². The van der Waals surface area contributed by atoms with Crippen molar-refractivity contribution >= 4 is 11.9 Å². The van der Waals surface area contributed by atoms with Crippen LogP contribution in [-0.4, -0.2) is 41.9 Å². The van der Waals surface area contributed by atoms with E-state index in [1.165, 1.54) is 19.2 Å². The lowest BCUT2D eigenvalue weighted by Gasteiger charge is -2.16. The number of hydrogen-bond donors (Lipinski definition) is 1. The lowest BCUT2D eigenvalue weighted by atomic mass is 10.1. The van der Waals surface area contributed by atoms with Crippen LogP contribution in [0.4, 0.5) is 8.78 Å². The maximum Gasteiger partial charge on any atom is 0.335 e. The molecule has 19 heavy (non-hydrogen) atoms. The molecule has 0 heterocycles. The smallest absolute Gasteiger partial charge is 0.335 e. The summed E-state index contributed by atoms with van der Waals surface area (Å²) in [6.45, 7) is -0.573. The van der Waals surface area contributed by atoms with E-state index in [0.717, 1.165) is 10.5 Å². The first-order chi connectivity index (χ1) is 8.90. The Bertz CT molecular complexity index is 446. The second kappa shape index (κ2) is 6.82. The third kappa shape index (κ3) is 5.03. The van der Waals surface area contributed by atoms with Crippen molar-refractivity contribution in [2.45, 2.75) is 19.3 Å². The summed E-state index contributed by atoms with van der Waals surface area (Å²) in [6, 6.07) is 6.13. The Hall–Kier alpha value is -1.98. The molecule has 1 N–H and O–H groups in total. The van der Waals surface area contributed by atoms with Gasteiger partial charge >= 0.3 is 5.97 Å². The molecule has 0 spiro atoms. The molecule has 0 bridgehead atoms. The molecule has 0 aliphatic heterocycles. The lowest BCUT2D eigenvalue weighted by molar-refractivity contribution is -0.131. The van der Waals surface area contributed by atoms with Crippen LogP contribution in [0.5, 0.6) is 0 Å². The number of amides is 1. The Morgan fingerprint density at radius 1 is 1.26 bits per heavy atom. The number of alkyl halides is 2. The van der Waals surface area contributed by atoms with Crippen LogP contribution < -0.4 is 0 Å². The van der Waals surface area contributed by atoms with E-state index in [2.05, 4.69) is 0 Å². The van der Waals surface area contributed by atoms with E-state index in [4.69, 9.17) is 5.11 Å². The van der Waals surface area contributed by atoms with Crippen molar-refractivity contribution in [3.63, 3.8) is 0 Å². The van der Waals surface area contributed by atoms with Gasteiger partial charge in [0.25, 0.3) is 6.43 Å². The Morgan fingerprint density at radius 3 is 2.32 bits per heavy atom. The van der Waals surface area contributed by atoms with Crippen molar-refractivity contribution in [2.75, 3.05) is 13.6 Å². The molecule has 6 heteroatoms. The number of aryl methyl sites for hydroxylation is 1. The third-order valence-corrected chi connectivity index (χ3v) is 2.67. The molecule has 0 unspecified atom stereocenters. The number of carboxylic acids is 1. The average molecular weight is 271 g/mol. The predicted octanol–water partition coefficient (Wildman–Crippen LogP) is 2.04. The fourth-order valence-corrected chi connectivity index (χ4v) is 1.56. The molecule has 0 aliphatic carbocycles. The van der Waals surface area contributed by atoms with Crippen LogP contribution >= 0.6 is 0 Å². The fraction of sp³-hybridized carbons (Fsp3) is 0.385. The minimum Gasteiger partial charge on any atom is -0.478 e.